The summed E-state index contributed by atoms with van der Waals surface area (Å²) in [5.74, 6) is -0.407. The summed E-state index contributed by atoms with van der Waals surface area (Å²) in [5.41, 5.74) is 0.221. The van der Waals surface area contributed by atoms with Gasteiger partial charge in [0.05, 0.1) is 19.1 Å². The van der Waals surface area contributed by atoms with Gasteiger partial charge in [-0.3, -0.25) is 4.79 Å². The highest BCUT2D eigenvalue weighted by Crippen LogP contribution is 2.37. The zero-order valence-corrected chi connectivity index (χ0v) is 25.8. The quantitative estimate of drug-likeness (QED) is 0.227. The van der Waals surface area contributed by atoms with Gasteiger partial charge < -0.3 is 18.8 Å². The van der Waals surface area contributed by atoms with Crippen molar-refractivity contribution in [2.75, 3.05) is 13.7 Å². The van der Waals surface area contributed by atoms with E-state index in [4.69, 9.17) is 13.9 Å². The van der Waals surface area contributed by atoms with Crippen molar-refractivity contribution in [3.05, 3.63) is 96.6 Å². The lowest BCUT2D eigenvalue weighted by Gasteiger charge is -2.44. The third-order valence-electron chi connectivity index (χ3n) is 6.78. The van der Waals surface area contributed by atoms with E-state index in [0.717, 1.165) is 15.9 Å². The van der Waals surface area contributed by atoms with E-state index in [0.29, 0.717) is 0 Å². The minimum absolute atomic E-state index is 0.0270. The number of amides is 1. The number of rotatable bonds is 10. The van der Waals surface area contributed by atoms with Crippen molar-refractivity contribution < 1.29 is 23.5 Å². The highest BCUT2D eigenvalue weighted by atomic mass is 28.4. The number of carbonyl (C=O) groups is 2. The summed E-state index contributed by atoms with van der Waals surface area (Å²) >= 11 is 0. The molecule has 0 aromatic heterocycles. The molecule has 40 heavy (non-hydrogen) atoms. The molecule has 0 radical (unpaired) electrons. The van der Waals surface area contributed by atoms with E-state index in [1.54, 1.807) is 7.05 Å². The predicted molar refractivity (Wildman–Crippen MR) is 162 cm³/mol. The topological polar surface area (TPSA) is 65.1 Å². The van der Waals surface area contributed by atoms with Gasteiger partial charge in [0.1, 0.15) is 12.2 Å². The van der Waals surface area contributed by atoms with Gasteiger partial charge in [0.25, 0.3) is 8.32 Å². The van der Waals surface area contributed by atoms with Crippen molar-refractivity contribution in [3.63, 3.8) is 0 Å². The van der Waals surface area contributed by atoms with Gasteiger partial charge in [0, 0.05) is 7.05 Å². The standard InChI is InChI=1S/C33H43NO5Si/c1-32(2,3)39-31(36)34(7)27(23-30(35)37-24-26-17-11-8-12-18-26)25-38-40(33(4,5)6,28-19-13-9-14-20-28)29-21-15-10-16-22-29/h8-22,27H,23-25H2,1-7H3/t27-/m0/s1. The fourth-order valence-electron chi connectivity index (χ4n) is 4.76. The number of carbonyl (C=O) groups excluding carboxylic acids is 2. The summed E-state index contributed by atoms with van der Waals surface area (Å²) in [4.78, 5) is 27.7. The maximum Gasteiger partial charge on any atom is 0.410 e. The highest BCUT2D eigenvalue weighted by Gasteiger charge is 2.50. The van der Waals surface area contributed by atoms with Gasteiger partial charge in [-0.05, 0) is 41.7 Å². The molecule has 0 saturated heterocycles. The number of hydrogen-bond donors (Lipinski definition) is 0. The monoisotopic (exact) mass is 561 g/mol. The predicted octanol–water partition coefficient (Wildman–Crippen LogP) is 5.93. The Kier molecular flexibility index (Phi) is 10.3. The van der Waals surface area contributed by atoms with Crippen LogP contribution in [0.15, 0.2) is 91.0 Å². The number of esters is 1. The lowest BCUT2D eigenvalue weighted by atomic mass is 10.2. The van der Waals surface area contributed by atoms with Crippen molar-refractivity contribution in [1.82, 2.24) is 4.90 Å². The van der Waals surface area contributed by atoms with Crippen LogP contribution in [0, 0.1) is 0 Å². The second-order valence-electron chi connectivity index (χ2n) is 12.1. The molecule has 0 aliphatic heterocycles. The summed E-state index contributed by atoms with van der Waals surface area (Å²) < 4.78 is 18.3. The Morgan fingerprint density at radius 2 is 1.25 bits per heavy atom. The largest absolute Gasteiger partial charge is 0.461 e. The number of ether oxygens (including phenoxy) is 2. The molecule has 0 aliphatic rings. The zero-order valence-electron chi connectivity index (χ0n) is 24.8. The molecule has 3 aromatic carbocycles. The van der Waals surface area contributed by atoms with Crippen LogP contribution in [-0.2, 0) is 25.3 Å². The van der Waals surface area contributed by atoms with Crippen molar-refractivity contribution in [2.24, 2.45) is 0 Å². The molecule has 0 heterocycles. The molecule has 0 saturated carbocycles. The Morgan fingerprint density at radius 3 is 1.70 bits per heavy atom. The molecular formula is C33H43NO5Si. The van der Waals surface area contributed by atoms with E-state index in [1.807, 2.05) is 87.5 Å². The third kappa shape index (κ3) is 8.05. The first kappa shape index (κ1) is 31.1. The molecule has 3 aromatic rings. The van der Waals surface area contributed by atoms with Crippen molar-refractivity contribution in [3.8, 4) is 0 Å². The molecule has 0 fully saturated rings. The first-order valence-electron chi connectivity index (χ1n) is 13.7. The Labute approximate surface area is 240 Å². The smallest absolute Gasteiger partial charge is 0.410 e. The van der Waals surface area contributed by atoms with E-state index < -0.39 is 32.0 Å². The first-order chi connectivity index (χ1) is 18.8. The van der Waals surface area contributed by atoms with Gasteiger partial charge >= 0.3 is 12.1 Å². The molecule has 7 heteroatoms. The van der Waals surface area contributed by atoms with Crippen molar-refractivity contribution >= 4 is 30.8 Å². The van der Waals surface area contributed by atoms with Gasteiger partial charge in [-0.1, -0.05) is 112 Å². The summed E-state index contributed by atoms with van der Waals surface area (Å²) in [5, 5.41) is 2.00. The Morgan fingerprint density at radius 1 is 0.775 bits per heavy atom. The fourth-order valence-corrected chi connectivity index (χ4v) is 9.36. The maximum absolute atomic E-state index is 13.1. The van der Waals surface area contributed by atoms with Gasteiger partial charge in [-0.25, -0.2) is 4.79 Å². The Bertz CT molecular complexity index is 1180. The van der Waals surface area contributed by atoms with Crippen LogP contribution in [0.2, 0.25) is 5.04 Å². The molecule has 214 valence electrons. The molecule has 0 N–H and O–H groups in total. The van der Waals surface area contributed by atoms with E-state index >= 15 is 0 Å². The SMILES string of the molecule is CN(C(=O)OC(C)(C)C)[C@H](CO[Si](c1ccccc1)(c1ccccc1)C(C)(C)C)CC(=O)OCc1ccccc1. The molecule has 1 atom stereocenters. The number of likely N-dealkylation sites (N-methyl/N-ethyl adjacent to an activating group) is 1. The fraction of sp³-hybridized carbons (Fsp3) is 0.394. The minimum Gasteiger partial charge on any atom is -0.461 e. The van der Waals surface area contributed by atoms with Crippen LogP contribution in [-0.4, -0.2) is 50.6 Å². The van der Waals surface area contributed by atoms with Gasteiger partial charge in [-0.15, -0.1) is 0 Å². The second-order valence-corrected chi connectivity index (χ2v) is 16.4. The molecule has 0 unspecified atom stereocenters. The maximum atomic E-state index is 13.1. The van der Waals surface area contributed by atoms with Crippen LogP contribution in [0.3, 0.4) is 0 Å². The third-order valence-corrected chi connectivity index (χ3v) is 11.8. The van der Waals surface area contributed by atoms with E-state index in [-0.39, 0.29) is 24.7 Å². The van der Waals surface area contributed by atoms with Crippen LogP contribution < -0.4 is 10.4 Å². The number of nitrogens with zero attached hydrogens (tertiary/aromatic N) is 1. The van der Waals surface area contributed by atoms with Crippen molar-refractivity contribution in [1.29, 1.82) is 0 Å². The Balaban J connectivity index is 1.94. The average molecular weight is 562 g/mol. The normalized spacial score (nSPS) is 12.9. The zero-order chi connectivity index (χ0) is 29.4. The Hall–Kier alpha value is -3.42. The lowest BCUT2D eigenvalue weighted by molar-refractivity contribution is -0.146. The average Bonchev–Trinajstić information content (AvgIpc) is 2.91. The molecule has 0 bridgehead atoms. The number of benzene rings is 3. The first-order valence-corrected chi connectivity index (χ1v) is 15.6. The van der Waals surface area contributed by atoms with E-state index in [9.17, 15) is 9.59 Å². The highest BCUT2D eigenvalue weighted by molar-refractivity contribution is 6.99. The van der Waals surface area contributed by atoms with Crippen molar-refractivity contribution in [2.45, 2.75) is 71.3 Å². The molecule has 6 nitrogen and oxygen atoms in total. The molecule has 0 aliphatic carbocycles. The lowest BCUT2D eigenvalue weighted by Crippen LogP contribution is -2.67. The van der Waals surface area contributed by atoms with Gasteiger partial charge in [0.2, 0.25) is 0 Å². The summed E-state index contributed by atoms with van der Waals surface area (Å²) in [6.07, 6.45) is -0.541. The molecular weight excluding hydrogens is 518 g/mol. The van der Waals surface area contributed by atoms with E-state index in [2.05, 4.69) is 45.0 Å². The summed E-state index contributed by atoms with van der Waals surface area (Å²) in [6.45, 7) is 12.4. The molecule has 3 rings (SSSR count). The van der Waals surface area contributed by atoms with Crippen LogP contribution in [0.4, 0.5) is 4.79 Å². The minimum atomic E-state index is -2.89. The molecule has 0 spiro atoms. The summed E-state index contributed by atoms with van der Waals surface area (Å²) in [6, 6.07) is 29.5. The van der Waals surface area contributed by atoms with E-state index in [1.165, 1.54) is 4.90 Å². The van der Waals surface area contributed by atoms with Gasteiger partial charge in [-0.2, -0.15) is 0 Å². The summed E-state index contributed by atoms with van der Waals surface area (Å²) in [7, 11) is -1.24. The molecule has 1 amide bonds. The van der Waals surface area contributed by atoms with Crippen LogP contribution in [0.5, 0.6) is 0 Å². The second kappa shape index (κ2) is 13.3. The van der Waals surface area contributed by atoms with Crippen LogP contribution in [0.25, 0.3) is 0 Å². The van der Waals surface area contributed by atoms with Gasteiger partial charge in [0.15, 0.2) is 0 Å². The van der Waals surface area contributed by atoms with Crippen LogP contribution in [0.1, 0.15) is 53.5 Å². The number of hydrogen-bond acceptors (Lipinski definition) is 5. The van der Waals surface area contributed by atoms with Crippen LogP contribution >= 0.6 is 0 Å².